The van der Waals surface area contributed by atoms with Crippen LogP contribution in [-0.4, -0.2) is 73.3 Å². The minimum Gasteiger partial charge on any atom is -0.304 e. The number of aromatic nitrogens is 2. The SMILES string of the molecule is Bc1cnc(C#N)nc1N(CC(C)(C)C)NC(=O)c1ccc(CN2CCN(C)CC2)cc1. The number of nitrogens with zero attached hydrogens (tertiary/aromatic N) is 6. The van der Waals surface area contributed by atoms with E-state index in [0.29, 0.717) is 17.9 Å². The average molecular weight is 433 g/mol. The number of nitriles is 1. The van der Waals surface area contributed by atoms with Crippen LogP contribution in [-0.2, 0) is 6.54 Å². The largest absolute Gasteiger partial charge is 0.304 e. The number of carbonyl (C=O) groups is 1. The highest BCUT2D eigenvalue weighted by atomic mass is 16.2. The van der Waals surface area contributed by atoms with Crippen molar-refractivity contribution in [2.75, 3.05) is 44.8 Å². The third-order valence-corrected chi connectivity index (χ3v) is 5.39. The Kier molecular flexibility index (Phi) is 7.49. The predicted octanol–water partition coefficient (Wildman–Crippen LogP) is 0.552. The van der Waals surface area contributed by atoms with Crippen molar-refractivity contribution in [3.63, 3.8) is 0 Å². The summed E-state index contributed by atoms with van der Waals surface area (Å²) in [6.07, 6.45) is 1.61. The lowest BCUT2D eigenvalue weighted by atomic mass is 9.95. The fraction of sp³-hybridized carbons (Fsp3) is 0.478. The molecule has 8 nitrogen and oxygen atoms in total. The van der Waals surface area contributed by atoms with Gasteiger partial charge in [0.1, 0.15) is 19.7 Å². The van der Waals surface area contributed by atoms with Gasteiger partial charge in [-0.1, -0.05) is 32.9 Å². The van der Waals surface area contributed by atoms with Gasteiger partial charge in [-0.05, 0) is 35.6 Å². The Morgan fingerprint density at radius 2 is 1.88 bits per heavy atom. The molecule has 0 atom stereocenters. The first-order valence-corrected chi connectivity index (χ1v) is 11.0. The van der Waals surface area contributed by atoms with Crippen LogP contribution in [0.4, 0.5) is 5.82 Å². The van der Waals surface area contributed by atoms with Crippen LogP contribution < -0.4 is 15.9 Å². The zero-order valence-corrected chi connectivity index (χ0v) is 19.7. The monoisotopic (exact) mass is 433 g/mol. The molecular weight excluding hydrogens is 401 g/mol. The quantitative estimate of drug-likeness (QED) is 0.526. The minimum atomic E-state index is -0.211. The highest BCUT2D eigenvalue weighted by Gasteiger charge is 2.22. The zero-order chi connectivity index (χ0) is 23.3. The number of nitrogens with one attached hydrogen (secondary N) is 1. The molecule has 168 valence electrons. The molecule has 0 bridgehead atoms. The summed E-state index contributed by atoms with van der Waals surface area (Å²) in [4.78, 5) is 26.2. The highest BCUT2D eigenvalue weighted by Crippen LogP contribution is 2.18. The van der Waals surface area contributed by atoms with Crippen molar-refractivity contribution in [3.05, 3.63) is 47.4 Å². The zero-order valence-electron chi connectivity index (χ0n) is 19.7. The summed E-state index contributed by atoms with van der Waals surface area (Å²) in [5.74, 6) is 0.399. The second-order valence-corrected chi connectivity index (χ2v) is 9.68. The van der Waals surface area contributed by atoms with Gasteiger partial charge in [0.2, 0.25) is 5.82 Å². The summed E-state index contributed by atoms with van der Waals surface area (Å²) < 4.78 is 0. The molecule has 1 N–H and O–H groups in total. The van der Waals surface area contributed by atoms with Crippen molar-refractivity contribution in [2.24, 2.45) is 5.41 Å². The summed E-state index contributed by atoms with van der Waals surface area (Å²) in [5.41, 5.74) is 5.44. The van der Waals surface area contributed by atoms with Gasteiger partial charge in [-0.15, -0.1) is 0 Å². The summed E-state index contributed by atoms with van der Waals surface area (Å²) in [6.45, 7) is 12.0. The summed E-state index contributed by atoms with van der Waals surface area (Å²) in [6, 6.07) is 9.74. The van der Waals surface area contributed by atoms with E-state index in [2.05, 4.69) is 53.0 Å². The van der Waals surface area contributed by atoms with E-state index in [1.54, 1.807) is 11.2 Å². The van der Waals surface area contributed by atoms with E-state index in [1.807, 2.05) is 38.2 Å². The Bertz CT molecular complexity index is 973. The van der Waals surface area contributed by atoms with Crippen LogP contribution in [0.3, 0.4) is 0 Å². The van der Waals surface area contributed by atoms with Crippen LogP contribution in [0.5, 0.6) is 0 Å². The number of hydrazine groups is 1. The van der Waals surface area contributed by atoms with Crippen LogP contribution in [0, 0.1) is 16.7 Å². The van der Waals surface area contributed by atoms with E-state index in [1.165, 1.54) is 5.56 Å². The Morgan fingerprint density at radius 3 is 2.47 bits per heavy atom. The molecule has 32 heavy (non-hydrogen) atoms. The average Bonchev–Trinajstić information content (AvgIpc) is 2.75. The molecule has 2 aromatic rings. The number of likely N-dealkylation sites (N-methyl/N-ethyl adjacent to an activating group) is 1. The van der Waals surface area contributed by atoms with Crippen LogP contribution in [0.25, 0.3) is 0 Å². The molecule has 1 aliphatic rings. The molecule has 1 aliphatic heterocycles. The molecule has 1 aromatic carbocycles. The molecule has 0 aliphatic carbocycles. The number of piperazine rings is 1. The van der Waals surface area contributed by atoms with E-state index in [4.69, 9.17) is 0 Å². The fourth-order valence-electron chi connectivity index (χ4n) is 3.61. The summed E-state index contributed by atoms with van der Waals surface area (Å²) >= 11 is 0. The van der Waals surface area contributed by atoms with Gasteiger partial charge in [0.05, 0.1) is 0 Å². The van der Waals surface area contributed by atoms with Crippen LogP contribution in [0.15, 0.2) is 30.5 Å². The predicted molar refractivity (Wildman–Crippen MR) is 128 cm³/mol. The first kappa shape index (κ1) is 23.7. The third-order valence-electron chi connectivity index (χ3n) is 5.39. The van der Waals surface area contributed by atoms with Crippen molar-refractivity contribution < 1.29 is 4.79 Å². The molecule has 1 fully saturated rings. The molecule has 1 amide bonds. The van der Waals surface area contributed by atoms with Gasteiger partial charge in [0.25, 0.3) is 5.91 Å². The topological polar surface area (TPSA) is 88.4 Å². The summed E-state index contributed by atoms with van der Waals surface area (Å²) in [5, 5.41) is 10.9. The maximum Gasteiger partial charge on any atom is 0.269 e. The minimum absolute atomic E-state index is 0.0759. The molecule has 3 rings (SSSR count). The van der Waals surface area contributed by atoms with E-state index >= 15 is 0 Å². The maximum atomic E-state index is 13.0. The normalized spacial score (nSPS) is 15.2. The molecule has 1 saturated heterocycles. The second kappa shape index (κ2) is 10.1. The number of benzene rings is 1. The standard InChI is InChI=1S/C23H32BN7O/c1-23(2,3)16-31(21-19(24)14-26-20(13-25)27-21)28-22(32)18-7-5-17(6-8-18)15-30-11-9-29(4)10-12-30/h5-8,14H,9-12,15-16,24H2,1-4H3,(H,28,32). The molecule has 9 heteroatoms. The van der Waals surface area contributed by atoms with E-state index in [0.717, 1.165) is 38.2 Å². The molecule has 0 radical (unpaired) electrons. The molecule has 0 unspecified atom stereocenters. The van der Waals surface area contributed by atoms with Crippen molar-refractivity contribution in [3.8, 4) is 6.07 Å². The number of hydrogen-bond acceptors (Lipinski definition) is 7. The summed E-state index contributed by atoms with van der Waals surface area (Å²) in [7, 11) is 4.02. The van der Waals surface area contributed by atoms with Crippen molar-refractivity contribution in [1.29, 1.82) is 5.26 Å². The van der Waals surface area contributed by atoms with Gasteiger partial charge in [-0.2, -0.15) is 5.26 Å². The van der Waals surface area contributed by atoms with Crippen LogP contribution >= 0.6 is 0 Å². The first-order valence-electron chi connectivity index (χ1n) is 11.0. The van der Waals surface area contributed by atoms with Gasteiger partial charge in [0, 0.05) is 51.0 Å². The van der Waals surface area contributed by atoms with Gasteiger partial charge < -0.3 is 4.90 Å². The molecular formula is C23H32BN7O. The second-order valence-electron chi connectivity index (χ2n) is 9.68. The Balaban J connectivity index is 1.72. The van der Waals surface area contributed by atoms with Gasteiger partial charge in [-0.25, -0.2) is 9.97 Å². The number of amides is 1. The van der Waals surface area contributed by atoms with Crippen LogP contribution in [0.1, 0.15) is 42.5 Å². The highest BCUT2D eigenvalue weighted by molar-refractivity contribution is 6.35. The Labute approximate surface area is 191 Å². The number of hydrogen-bond donors (Lipinski definition) is 1. The molecule has 1 aromatic heterocycles. The van der Waals surface area contributed by atoms with E-state index in [9.17, 15) is 10.1 Å². The molecule has 2 heterocycles. The van der Waals surface area contributed by atoms with E-state index < -0.39 is 0 Å². The lowest BCUT2D eigenvalue weighted by Crippen LogP contribution is -2.49. The van der Waals surface area contributed by atoms with Crippen LogP contribution in [0.2, 0.25) is 0 Å². The van der Waals surface area contributed by atoms with Crippen molar-refractivity contribution >= 4 is 25.0 Å². The first-order chi connectivity index (χ1) is 15.1. The van der Waals surface area contributed by atoms with Crippen molar-refractivity contribution in [2.45, 2.75) is 27.3 Å². The Morgan fingerprint density at radius 1 is 1.22 bits per heavy atom. The molecule has 0 saturated carbocycles. The van der Waals surface area contributed by atoms with Gasteiger partial charge in [0.15, 0.2) is 0 Å². The molecule has 0 spiro atoms. The lowest BCUT2D eigenvalue weighted by Gasteiger charge is -2.32. The smallest absolute Gasteiger partial charge is 0.269 e. The number of rotatable bonds is 6. The number of carbonyl (C=O) groups excluding carboxylic acids is 1. The fourth-order valence-corrected chi connectivity index (χ4v) is 3.61. The Hall–Kier alpha value is -2.96. The van der Waals surface area contributed by atoms with E-state index in [-0.39, 0.29) is 17.1 Å². The third kappa shape index (κ3) is 6.52. The lowest BCUT2D eigenvalue weighted by molar-refractivity contribution is 0.0945. The maximum absolute atomic E-state index is 13.0. The van der Waals surface area contributed by atoms with Gasteiger partial charge in [-0.3, -0.25) is 20.1 Å². The number of anilines is 1. The van der Waals surface area contributed by atoms with Gasteiger partial charge >= 0.3 is 0 Å². The van der Waals surface area contributed by atoms with Crippen molar-refractivity contribution in [1.82, 2.24) is 25.2 Å².